The minimum absolute atomic E-state index is 0.193. The number of anilines is 2. The molecule has 4 heterocycles. The standard InChI is InChI=1S/C26H29FN6/c1-5-32-11-9-22-19(15-32)6-7-24(30-22)31-25-14-18(8-10-28-25)20-12-21(27)26-23(13-20)33(16(2)3)17(4)29-26/h6-8,10,12-14,16H,5,9,11,15H2,1-4H3,(H,28,30,31). The van der Waals surface area contributed by atoms with Crippen LogP contribution in [-0.4, -0.2) is 37.5 Å². The number of aromatic nitrogens is 4. The van der Waals surface area contributed by atoms with Gasteiger partial charge in [-0.1, -0.05) is 13.0 Å². The molecule has 1 N–H and O–H groups in total. The zero-order valence-corrected chi connectivity index (χ0v) is 19.6. The first-order valence-corrected chi connectivity index (χ1v) is 11.6. The van der Waals surface area contributed by atoms with Gasteiger partial charge in [-0.15, -0.1) is 0 Å². The molecule has 0 bridgehead atoms. The van der Waals surface area contributed by atoms with E-state index in [1.807, 2.05) is 31.2 Å². The van der Waals surface area contributed by atoms with Crippen LogP contribution in [0.15, 0.2) is 42.6 Å². The predicted octanol–water partition coefficient (Wildman–Crippen LogP) is 5.64. The highest BCUT2D eigenvalue weighted by molar-refractivity contribution is 5.84. The van der Waals surface area contributed by atoms with Crippen LogP contribution < -0.4 is 5.32 Å². The zero-order chi connectivity index (χ0) is 23.1. The molecular formula is C26H29FN6. The molecule has 0 radical (unpaired) electrons. The Balaban J connectivity index is 1.45. The van der Waals surface area contributed by atoms with E-state index in [1.54, 1.807) is 12.3 Å². The van der Waals surface area contributed by atoms with E-state index in [0.717, 1.165) is 60.0 Å². The molecule has 0 fully saturated rings. The summed E-state index contributed by atoms with van der Waals surface area (Å²) in [6.07, 6.45) is 2.69. The number of imidazole rings is 1. The molecule has 1 aliphatic rings. The summed E-state index contributed by atoms with van der Waals surface area (Å²) in [6, 6.07) is 11.7. The molecule has 33 heavy (non-hydrogen) atoms. The summed E-state index contributed by atoms with van der Waals surface area (Å²) < 4.78 is 17.0. The van der Waals surface area contributed by atoms with Crippen molar-refractivity contribution in [1.29, 1.82) is 0 Å². The first kappa shape index (κ1) is 21.5. The largest absolute Gasteiger partial charge is 0.326 e. The first-order valence-electron chi connectivity index (χ1n) is 11.6. The molecule has 7 heteroatoms. The fraction of sp³-hybridized carbons (Fsp3) is 0.346. The maximum atomic E-state index is 14.9. The summed E-state index contributed by atoms with van der Waals surface area (Å²) in [5.74, 6) is 1.96. The Kier molecular flexibility index (Phi) is 5.58. The van der Waals surface area contributed by atoms with Crippen LogP contribution in [0.1, 0.15) is 43.9 Å². The van der Waals surface area contributed by atoms with Gasteiger partial charge in [0.15, 0.2) is 5.82 Å². The molecule has 0 saturated heterocycles. The van der Waals surface area contributed by atoms with Crippen LogP contribution >= 0.6 is 0 Å². The van der Waals surface area contributed by atoms with E-state index < -0.39 is 0 Å². The number of halogens is 1. The highest BCUT2D eigenvalue weighted by atomic mass is 19.1. The lowest BCUT2D eigenvalue weighted by molar-refractivity contribution is 0.266. The monoisotopic (exact) mass is 444 g/mol. The number of hydrogen-bond donors (Lipinski definition) is 1. The van der Waals surface area contributed by atoms with Crippen LogP contribution in [-0.2, 0) is 13.0 Å². The third-order valence-electron chi connectivity index (χ3n) is 6.37. The van der Waals surface area contributed by atoms with E-state index >= 15 is 0 Å². The Bertz CT molecular complexity index is 1330. The molecule has 170 valence electrons. The number of pyridine rings is 2. The summed E-state index contributed by atoms with van der Waals surface area (Å²) >= 11 is 0. The Morgan fingerprint density at radius 2 is 1.91 bits per heavy atom. The van der Waals surface area contributed by atoms with Crippen molar-refractivity contribution in [3.8, 4) is 11.1 Å². The van der Waals surface area contributed by atoms with Crippen molar-refractivity contribution in [3.63, 3.8) is 0 Å². The summed E-state index contributed by atoms with van der Waals surface area (Å²) in [5.41, 5.74) is 5.34. The molecule has 1 aliphatic heterocycles. The lowest BCUT2D eigenvalue weighted by Crippen LogP contribution is -2.30. The molecular weight excluding hydrogens is 415 g/mol. The number of benzene rings is 1. The molecule has 3 aromatic heterocycles. The van der Waals surface area contributed by atoms with Crippen LogP contribution in [0.3, 0.4) is 0 Å². The molecule has 0 atom stereocenters. The predicted molar refractivity (Wildman–Crippen MR) is 130 cm³/mol. The lowest BCUT2D eigenvalue weighted by Gasteiger charge is -2.27. The Morgan fingerprint density at radius 1 is 1.06 bits per heavy atom. The van der Waals surface area contributed by atoms with E-state index in [0.29, 0.717) is 11.3 Å². The van der Waals surface area contributed by atoms with Gasteiger partial charge < -0.3 is 9.88 Å². The van der Waals surface area contributed by atoms with Crippen molar-refractivity contribution in [1.82, 2.24) is 24.4 Å². The van der Waals surface area contributed by atoms with E-state index in [9.17, 15) is 4.39 Å². The molecule has 0 unspecified atom stereocenters. The average Bonchev–Trinajstić information content (AvgIpc) is 3.15. The topological polar surface area (TPSA) is 58.9 Å². The Morgan fingerprint density at radius 3 is 2.70 bits per heavy atom. The van der Waals surface area contributed by atoms with Crippen LogP contribution in [0.2, 0.25) is 0 Å². The quantitative estimate of drug-likeness (QED) is 0.431. The number of nitrogens with one attached hydrogen (secondary N) is 1. The minimum Gasteiger partial charge on any atom is -0.326 e. The van der Waals surface area contributed by atoms with Crippen molar-refractivity contribution in [2.45, 2.75) is 46.7 Å². The molecule has 4 aromatic rings. The van der Waals surface area contributed by atoms with Gasteiger partial charge in [0.1, 0.15) is 23.0 Å². The highest BCUT2D eigenvalue weighted by Gasteiger charge is 2.18. The fourth-order valence-corrected chi connectivity index (χ4v) is 4.71. The van der Waals surface area contributed by atoms with Gasteiger partial charge in [0.05, 0.1) is 5.52 Å². The SMILES string of the molecule is CCN1CCc2nc(Nc3cc(-c4cc(F)c5nc(C)n(C(C)C)c5c4)ccn3)ccc2C1. The maximum absolute atomic E-state index is 14.9. The smallest absolute Gasteiger partial charge is 0.151 e. The highest BCUT2D eigenvalue weighted by Crippen LogP contribution is 2.30. The number of hydrogen-bond acceptors (Lipinski definition) is 5. The number of likely N-dealkylation sites (N-methyl/N-ethyl adjacent to an activating group) is 1. The second kappa shape index (κ2) is 8.56. The number of aryl methyl sites for hydroxylation is 1. The molecule has 6 nitrogen and oxygen atoms in total. The van der Waals surface area contributed by atoms with Crippen molar-refractivity contribution >= 4 is 22.7 Å². The third-order valence-corrected chi connectivity index (χ3v) is 6.37. The van der Waals surface area contributed by atoms with Gasteiger partial charge in [-0.3, -0.25) is 4.90 Å². The Labute approximate surface area is 193 Å². The normalized spacial score (nSPS) is 14.1. The van der Waals surface area contributed by atoms with E-state index in [2.05, 4.69) is 51.6 Å². The summed E-state index contributed by atoms with van der Waals surface area (Å²) in [7, 11) is 0. The molecule has 1 aromatic carbocycles. The Hall–Kier alpha value is -3.32. The second-order valence-corrected chi connectivity index (χ2v) is 8.92. The maximum Gasteiger partial charge on any atom is 0.151 e. The molecule has 0 saturated carbocycles. The summed E-state index contributed by atoms with van der Waals surface area (Å²) in [5, 5.41) is 3.33. The molecule has 0 amide bonds. The number of rotatable bonds is 5. The van der Waals surface area contributed by atoms with Gasteiger partial charge in [-0.05, 0) is 74.3 Å². The van der Waals surface area contributed by atoms with Crippen LogP contribution in [0.5, 0.6) is 0 Å². The molecule has 0 aliphatic carbocycles. The van der Waals surface area contributed by atoms with Crippen molar-refractivity contribution in [2.24, 2.45) is 0 Å². The first-order chi connectivity index (χ1) is 15.9. The summed E-state index contributed by atoms with van der Waals surface area (Å²) in [6.45, 7) is 11.3. The van der Waals surface area contributed by atoms with Crippen molar-refractivity contribution < 1.29 is 4.39 Å². The average molecular weight is 445 g/mol. The van der Waals surface area contributed by atoms with Gasteiger partial charge >= 0.3 is 0 Å². The van der Waals surface area contributed by atoms with Gasteiger partial charge in [-0.2, -0.15) is 0 Å². The fourth-order valence-electron chi connectivity index (χ4n) is 4.71. The molecule has 5 rings (SSSR count). The lowest BCUT2D eigenvalue weighted by atomic mass is 10.1. The van der Waals surface area contributed by atoms with E-state index in [4.69, 9.17) is 4.98 Å². The van der Waals surface area contributed by atoms with Crippen LogP contribution in [0, 0.1) is 12.7 Å². The number of nitrogens with zero attached hydrogens (tertiary/aromatic N) is 5. The molecule has 0 spiro atoms. The van der Waals surface area contributed by atoms with E-state index in [-0.39, 0.29) is 11.9 Å². The summed E-state index contributed by atoms with van der Waals surface area (Å²) in [4.78, 5) is 16.1. The zero-order valence-electron chi connectivity index (χ0n) is 19.6. The van der Waals surface area contributed by atoms with Gasteiger partial charge in [0.25, 0.3) is 0 Å². The second-order valence-electron chi connectivity index (χ2n) is 8.92. The van der Waals surface area contributed by atoms with Gasteiger partial charge in [-0.25, -0.2) is 19.3 Å². The van der Waals surface area contributed by atoms with Crippen LogP contribution in [0.4, 0.5) is 16.0 Å². The van der Waals surface area contributed by atoms with Crippen molar-refractivity contribution in [2.75, 3.05) is 18.4 Å². The van der Waals surface area contributed by atoms with Crippen LogP contribution in [0.25, 0.3) is 22.2 Å². The van der Waals surface area contributed by atoms with Gasteiger partial charge in [0, 0.05) is 37.4 Å². The van der Waals surface area contributed by atoms with Crippen molar-refractivity contribution in [3.05, 3.63) is 65.5 Å². The number of fused-ring (bicyclic) bond motifs is 2. The van der Waals surface area contributed by atoms with Gasteiger partial charge in [0.2, 0.25) is 0 Å². The minimum atomic E-state index is -0.311. The third kappa shape index (κ3) is 4.09. The van der Waals surface area contributed by atoms with E-state index in [1.165, 1.54) is 5.56 Å².